The Balaban J connectivity index is 1.99. The smallest absolute Gasteiger partial charge is 0.122 e. The standard InChI is InChI=1S/C31H42NOP/c1-7-8-14-19-31(6,27-21-25(30(3,4)5)20-23(2)29(27)33)34-28-18-13-12-15-24(28)22-32-26-16-10-9-11-17-26/h9-13,15-18,20-21,32-34H,7-8,14,19,22H2,1-6H3. The summed E-state index contributed by atoms with van der Waals surface area (Å²) in [6.07, 6.45) is 4.66. The molecule has 3 rings (SSSR count). The molecule has 3 aromatic carbocycles. The van der Waals surface area contributed by atoms with Gasteiger partial charge in [-0.05, 0) is 52.9 Å². The monoisotopic (exact) mass is 475 g/mol. The minimum Gasteiger partial charge on any atom is -0.507 e. The molecule has 0 aliphatic rings. The van der Waals surface area contributed by atoms with Crippen molar-refractivity contribution in [2.24, 2.45) is 0 Å². The first-order chi connectivity index (χ1) is 16.1. The Morgan fingerprint density at radius 3 is 2.24 bits per heavy atom. The minimum atomic E-state index is -0.117. The van der Waals surface area contributed by atoms with Crippen molar-refractivity contribution in [3.05, 3.63) is 89.0 Å². The van der Waals surface area contributed by atoms with Crippen LogP contribution in [0.1, 0.15) is 82.6 Å². The van der Waals surface area contributed by atoms with Gasteiger partial charge in [-0.15, -0.1) is 0 Å². The van der Waals surface area contributed by atoms with Gasteiger partial charge in [-0.3, -0.25) is 0 Å². The van der Waals surface area contributed by atoms with Gasteiger partial charge in [0.15, 0.2) is 0 Å². The van der Waals surface area contributed by atoms with E-state index in [9.17, 15) is 5.11 Å². The number of rotatable bonds is 10. The van der Waals surface area contributed by atoms with Gasteiger partial charge in [-0.25, -0.2) is 0 Å². The van der Waals surface area contributed by atoms with Crippen molar-refractivity contribution >= 4 is 19.6 Å². The first-order valence-corrected chi connectivity index (χ1v) is 13.6. The predicted molar refractivity (Wildman–Crippen MR) is 151 cm³/mol. The first-order valence-electron chi connectivity index (χ1n) is 12.6. The topological polar surface area (TPSA) is 32.3 Å². The van der Waals surface area contributed by atoms with E-state index in [1.807, 2.05) is 13.0 Å². The molecule has 0 amide bonds. The zero-order valence-corrected chi connectivity index (χ0v) is 22.8. The summed E-state index contributed by atoms with van der Waals surface area (Å²) in [5, 5.41) is 16.1. The maximum atomic E-state index is 11.3. The van der Waals surface area contributed by atoms with Gasteiger partial charge in [0.05, 0.1) is 0 Å². The number of hydrogen-bond donors (Lipinski definition) is 2. The van der Waals surface area contributed by atoms with Crippen LogP contribution in [-0.2, 0) is 17.1 Å². The number of hydrogen-bond acceptors (Lipinski definition) is 2. The molecule has 2 nitrogen and oxygen atoms in total. The number of aryl methyl sites for hydroxylation is 1. The molecule has 0 spiro atoms. The van der Waals surface area contributed by atoms with E-state index in [-0.39, 0.29) is 10.6 Å². The van der Waals surface area contributed by atoms with Crippen molar-refractivity contribution in [1.82, 2.24) is 0 Å². The van der Waals surface area contributed by atoms with Crippen molar-refractivity contribution in [2.45, 2.75) is 84.3 Å². The molecule has 0 radical (unpaired) electrons. The molecule has 0 aliphatic carbocycles. The molecule has 0 fully saturated rings. The fourth-order valence-electron chi connectivity index (χ4n) is 4.47. The average molecular weight is 476 g/mol. The Bertz CT molecular complexity index is 1070. The van der Waals surface area contributed by atoms with Crippen LogP contribution in [-0.4, -0.2) is 5.11 Å². The van der Waals surface area contributed by atoms with E-state index in [0.717, 1.165) is 29.8 Å². The Kier molecular flexibility index (Phi) is 8.83. The fourth-order valence-corrected chi connectivity index (χ4v) is 6.21. The predicted octanol–water partition coefficient (Wildman–Crippen LogP) is 8.41. The molecule has 3 aromatic rings. The summed E-state index contributed by atoms with van der Waals surface area (Å²) in [5.41, 5.74) is 5.89. The van der Waals surface area contributed by atoms with E-state index in [1.54, 1.807) is 0 Å². The maximum Gasteiger partial charge on any atom is 0.122 e. The number of benzene rings is 3. The summed E-state index contributed by atoms with van der Waals surface area (Å²) in [5.74, 6) is 0.472. The molecular weight excluding hydrogens is 433 g/mol. The summed E-state index contributed by atoms with van der Waals surface area (Å²) >= 11 is 0. The van der Waals surface area contributed by atoms with Gasteiger partial charge in [0.2, 0.25) is 0 Å². The van der Waals surface area contributed by atoms with Crippen molar-refractivity contribution in [3.8, 4) is 5.75 Å². The second kappa shape index (κ2) is 11.4. The van der Waals surface area contributed by atoms with Gasteiger partial charge >= 0.3 is 0 Å². The van der Waals surface area contributed by atoms with Crippen LogP contribution in [0.15, 0.2) is 66.7 Å². The molecule has 34 heavy (non-hydrogen) atoms. The molecule has 0 heterocycles. The molecule has 3 heteroatoms. The van der Waals surface area contributed by atoms with Crippen LogP contribution in [0, 0.1) is 6.92 Å². The molecule has 2 unspecified atom stereocenters. The lowest BCUT2D eigenvalue weighted by Crippen LogP contribution is -2.23. The zero-order chi connectivity index (χ0) is 24.8. The number of aromatic hydroxyl groups is 1. The number of anilines is 1. The van der Waals surface area contributed by atoms with Crippen molar-refractivity contribution in [1.29, 1.82) is 0 Å². The fraction of sp³-hybridized carbons (Fsp3) is 0.419. The van der Waals surface area contributed by atoms with Crippen LogP contribution in [0.4, 0.5) is 5.69 Å². The Labute approximate surface area is 209 Å². The van der Waals surface area contributed by atoms with Gasteiger partial charge in [-0.1, -0.05) is 117 Å². The lowest BCUT2D eigenvalue weighted by molar-refractivity contribution is 0.444. The molecule has 2 atom stereocenters. The van der Waals surface area contributed by atoms with Crippen molar-refractivity contribution in [2.75, 3.05) is 5.32 Å². The quantitative estimate of drug-likeness (QED) is 0.228. The van der Waals surface area contributed by atoms with Crippen LogP contribution in [0.25, 0.3) is 0 Å². The van der Waals surface area contributed by atoms with Crippen LogP contribution in [0.2, 0.25) is 0 Å². The molecule has 2 N–H and O–H groups in total. The molecule has 0 bridgehead atoms. The van der Waals surface area contributed by atoms with E-state index in [2.05, 4.69) is 101 Å². The van der Waals surface area contributed by atoms with Crippen LogP contribution < -0.4 is 10.6 Å². The molecular formula is C31H42NOP. The summed E-state index contributed by atoms with van der Waals surface area (Å²) < 4.78 is 0. The Morgan fingerprint density at radius 2 is 1.56 bits per heavy atom. The van der Waals surface area contributed by atoms with Crippen LogP contribution >= 0.6 is 8.58 Å². The summed E-state index contributed by atoms with van der Waals surface area (Å²) in [7, 11) is 0.576. The third kappa shape index (κ3) is 6.63. The van der Waals surface area contributed by atoms with E-state index >= 15 is 0 Å². The van der Waals surface area contributed by atoms with Gasteiger partial charge in [0, 0.05) is 23.0 Å². The highest BCUT2D eigenvalue weighted by molar-refractivity contribution is 7.48. The Hall–Kier alpha value is -2.31. The average Bonchev–Trinajstić information content (AvgIpc) is 2.80. The van der Waals surface area contributed by atoms with Gasteiger partial charge in [0.1, 0.15) is 5.75 Å². The van der Waals surface area contributed by atoms with Crippen molar-refractivity contribution < 1.29 is 5.11 Å². The summed E-state index contributed by atoms with van der Waals surface area (Å²) in [6.45, 7) is 14.2. The minimum absolute atomic E-state index is 0.0398. The largest absolute Gasteiger partial charge is 0.507 e. The second-order valence-corrected chi connectivity index (χ2v) is 12.6. The number of phenols is 1. The number of phenolic OH excluding ortho intramolecular Hbond substituents is 1. The SMILES string of the molecule is CCCCCC(C)(Pc1ccccc1CNc1ccccc1)c1cc(C(C)(C)C)cc(C)c1O. The highest BCUT2D eigenvalue weighted by atomic mass is 31.1. The normalized spacial score (nSPS) is 13.8. The lowest BCUT2D eigenvalue weighted by Gasteiger charge is -2.34. The zero-order valence-electron chi connectivity index (χ0n) is 21.8. The van der Waals surface area contributed by atoms with E-state index in [4.69, 9.17) is 0 Å². The second-order valence-electron chi connectivity index (χ2n) is 10.7. The highest BCUT2D eigenvalue weighted by Crippen LogP contribution is 2.50. The Morgan fingerprint density at radius 1 is 0.882 bits per heavy atom. The molecule has 0 aromatic heterocycles. The number of unbranched alkanes of at least 4 members (excludes halogenated alkanes) is 2. The molecule has 0 saturated carbocycles. The summed E-state index contributed by atoms with van der Waals surface area (Å²) in [4.78, 5) is 0. The van der Waals surface area contributed by atoms with E-state index in [0.29, 0.717) is 14.3 Å². The van der Waals surface area contributed by atoms with E-state index < -0.39 is 0 Å². The third-order valence-electron chi connectivity index (χ3n) is 6.73. The lowest BCUT2D eigenvalue weighted by atomic mass is 9.82. The first kappa shape index (κ1) is 26.3. The van der Waals surface area contributed by atoms with Crippen molar-refractivity contribution in [3.63, 3.8) is 0 Å². The van der Waals surface area contributed by atoms with Gasteiger partial charge in [0.25, 0.3) is 0 Å². The third-order valence-corrected chi connectivity index (χ3v) is 8.55. The number of para-hydroxylation sites is 1. The summed E-state index contributed by atoms with van der Waals surface area (Å²) in [6, 6.07) is 23.6. The highest BCUT2D eigenvalue weighted by Gasteiger charge is 2.32. The molecule has 0 aliphatic heterocycles. The van der Waals surface area contributed by atoms with Gasteiger partial charge in [-0.2, -0.15) is 0 Å². The van der Waals surface area contributed by atoms with E-state index in [1.165, 1.54) is 35.7 Å². The van der Waals surface area contributed by atoms with Crippen LogP contribution in [0.3, 0.4) is 0 Å². The van der Waals surface area contributed by atoms with Crippen LogP contribution in [0.5, 0.6) is 5.75 Å². The molecule has 182 valence electrons. The van der Waals surface area contributed by atoms with Gasteiger partial charge < -0.3 is 10.4 Å². The molecule has 0 saturated heterocycles. The maximum absolute atomic E-state index is 11.3. The number of nitrogens with one attached hydrogen (secondary N) is 1.